The van der Waals surface area contributed by atoms with Crippen LogP contribution in [0.2, 0.25) is 0 Å². The molecule has 0 radical (unpaired) electrons. The molecule has 0 bridgehead atoms. The van der Waals surface area contributed by atoms with E-state index in [9.17, 15) is 33.6 Å². The highest BCUT2D eigenvalue weighted by Crippen LogP contribution is 2.44. The highest BCUT2D eigenvalue weighted by atomic mass is 127. The quantitative estimate of drug-likeness (QED) is 0.0557. The zero-order chi connectivity index (χ0) is 65.7. The number of carbonyl (C=O) groups excluding carboxylic acids is 7. The van der Waals surface area contributed by atoms with Gasteiger partial charge in [0, 0.05) is 65.6 Å². The number of nitrogens with one attached hydrogen (secondary N) is 1. The predicted octanol–water partition coefficient (Wildman–Crippen LogP) is 11.3. The normalized spacial score (nSPS) is 24.5. The van der Waals surface area contributed by atoms with Gasteiger partial charge < -0.3 is 45.7 Å². The summed E-state index contributed by atoms with van der Waals surface area (Å²) in [6.07, 6.45) is 13.9. The van der Waals surface area contributed by atoms with Gasteiger partial charge in [-0.3, -0.25) is 33.6 Å². The van der Waals surface area contributed by atoms with E-state index >= 15 is 0 Å². The molecule has 2 spiro atoms. The summed E-state index contributed by atoms with van der Waals surface area (Å²) in [5.74, 6) is -0.554. The fourth-order valence-corrected chi connectivity index (χ4v) is 14.1. The molecule has 4 aliphatic heterocycles. The van der Waals surface area contributed by atoms with E-state index in [1.54, 1.807) is 24.0 Å². The van der Waals surface area contributed by atoms with Crippen molar-refractivity contribution in [2.24, 2.45) is 62.2 Å². The largest absolute Gasteiger partial charge is 0.387 e. The maximum atomic E-state index is 14.7. The Morgan fingerprint density at radius 1 is 0.626 bits per heavy atom. The maximum Gasteiger partial charge on any atom is 0.246 e. The van der Waals surface area contributed by atoms with Crippen molar-refractivity contribution in [3.63, 3.8) is 0 Å². The number of nitrogens with zero attached hydrogens (tertiary/aromatic N) is 4. The second-order valence-corrected chi connectivity index (χ2v) is 29.1. The number of amides is 3. The van der Waals surface area contributed by atoms with Gasteiger partial charge in [-0.05, 0) is 108 Å². The number of ketones is 4. The van der Waals surface area contributed by atoms with Crippen LogP contribution in [0.4, 0.5) is 0 Å². The molecule has 91 heavy (non-hydrogen) atoms. The Labute approximate surface area is 557 Å². The molecule has 3 saturated carbocycles. The van der Waals surface area contributed by atoms with Crippen LogP contribution in [-0.2, 0) is 52.7 Å². The van der Waals surface area contributed by atoms with Crippen LogP contribution in [0, 0.1) is 40.4 Å². The van der Waals surface area contributed by atoms with Gasteiger partial charge >= 0.3 is 0 Å². The Morgan fingerprint density at radius 3 is 1.40 bits per heavy atom. The standard InChI is InChI=1S/C39H58N4O6.C31H45N3O5.CH3I.CH4/c1-6-13-28(34(48-5)32(45)20-25-18-19-25)21-31(44)30-23-39(22-29(42-49-39)26-14-9-7-10-15-26)24-43(30)37(47)35(38(2,3)4)41-36(46)33(40)27-16-11-8-12-17-27;1-6-10-22(27(38-5)26(36)15-20-13-14-20)16-25(35)24-18-31(19-34(24)29(37)28(32)30(2,3)4)17-23(33-39-31)21-11-8-7-9-12-21;1-2;/h7,9-10,14-15,25,27-28,30,33-35H,6,8,11-13,16-24,40H2,1-5H3,(H,41,46);7-9,11-12,20,22,24,27-28H,6,10,13-19,32H2,1-5H3;1H3;1H4/t28-,30+,33+,34?,35-,39-;22-,24+,27?,28-,31-;;/m11../s1. The molecule has 18 nitrogen and oxygen atoms in total. The highest BCUT2D eigenvalue weighted by molar-refractivity contribution is 14.1. The van der Waals surface area contributed by atoms with Gasteiger partial charge in [-0.1, -0.05) is 188 Å². The molecule has 5 fully saturated rings. The van der Waals surface area contributed by atoms with Gasteiger partial charge in [-0.15, -0.1) is 0 Å². The number of Topliss-reactive ketones (excluding diaryl/α,β-unsaturated/α-hetero) is 4. The summed E-state index contributed by atoms with van der Waals surface area (Å²) in [5, 5.41) is 11.9. The zero-order valence-electron chi connectivity index (χ0n) is 55.8. The highest BCUT2D eigenvalue weighted by Gasteiger charge is 2.57. The molecule has 7 aliphatic rings. The van der Waals surface area contributed by atoms with Crippen LogP contribution < -0.4 is 16.8 Å². The number of likely N-dealkylation sites (tertiary alicyclic amines) is 2. The molecule has 3 aliphatic carbocycles. The number of benzene rings is 2. The Hall–Kier alpha value is -4.96. The van der Waals surface area contributed by atoms with Crippen LogP contribution >= 0.6 is 22.6 Å². The molecule has 4 heterocycles. The van der Waals surface area contributed by atoms with Crippen LogP contribution in [0.15, 0.2) is 71.0 Å². The third-order valence-electron chi connectivity index (χ3n) is 19.7. The zero-order valence-corrected chi connectivity index (χ0v) is 57.9. The second-order valence-electron chi connectivity index (χ2n) is 29.1. The average Bonchev–Trinajstić information content (AvgIpc) is 1.63. The first-order valence-electron chi connectivity index (χ1n) is 33.4. The number of hydrogen-bond donors (Lipinski definition) is 3. The molecule has 2 aromatic rings. The number of methoxy groups -OCH3 is 2. The van der Waals surface area contributed by atoms with Gasteiger partial charge in [0.25, 0.3) is 0 Å². The van der Waals surface area contributed by atoms with Crippen LogP contribution in [0.1, 0.15) is 209 Å². The Balaban J connectivity index is 0.000000285. The van der Waals surface area contributed by atoms with Crippen molar-refractivity contribution in [2.75, 3.05) is 32.2 Å². The van der Waals surface area contributed by atoms with Gasteiger partial charge in [0.1, 0.15) is 18.2 Å². The molecule has 2 saturated heterocycles. The lowest BCUT2D eigenvalue weighted by molar-refractivity contribution is -0.145. The van der Waals surface area contributed by atoms with E-state index < -0.39 is 64.4 Å². The fraction of sp³-hybridized carbons (Fsp3) is 0.708. The Bertz CT molecular complexity index is 2830. The van der Waals surface area contributed by atoms with E-state index in [0.717, 1.165) is 93.2 Å². The first-order valence-corrected chi connectivity index (χ1v) is 35.6. The molecule has 0 aromatic heterocycles. The Morgan fingerprint density at radius 2 is 1.03 bits per heavy atom. The van der Waals surface area contributed by atoms with Gasteiger partial charge in [0.15, 0.2) is 34.3 Å². The molecule has 9 rings (SSSR count). The molecule has 3 amide bonds. The van der Waals surface area contributed by atoms with Crippen molar-refractivity contribution in [2.45, 2.75) is 251 Å². The summed E-state index contributed by atoms with van der Waals surface area (Å²) in [6, 6.07) is 15.7. The summed E-state index contributed by atoms with van der Waals surface area (Å²) in [5.41, 5.74) is 13.6. The minimum Gasteiger partial charge on any atom is -0.387 e. The van der Waals surface area contributed by atoms with E-state index in [1.807, 2.05) is 121 Å². The number of rotatable bonds is 27. The van der Waals surface area contributed by atoms with Gasteiger partial charge in [-0.25, -0.2) is 0 Å². The smallest absolute Gasteiger partial charge is 0.246 e. The van der Waals surface area contributed by atoms with Gasteiger partial charge in [0.2, 0.25) is 17.7 Å². The third-order valence-corrected chi connectivity index (χ3v) is 19.7. The van der Waals surface area contributed by atoms with Crippen LogP contribution in [0.3, 0.4) is 0 Å². The number of oxime groups is 2. The number of hydrogen-bond acceptors (Lipinski definition) is 15. The van der Waals surface area contributed by atoms with Crippen molar-refractivity contribution in [1.29, 1.82) is 0 Å². The van der Waals surface area contributed by atoms with Gasteiger partial charge in [0.05, 0.1) is 48.7 Å². The minimum absolute atomic E-state index is 0. The van der Waals surface area contributed by atoms with Crippen molar-refractivity contribution < 1.29 is 52.7 Å². The second kappa shape index (κ2) is 33.4. The molecule has 11 atom stereocenters. The molecular weight excluding hydrogens is 1270 g/mol. The maximum absolute atomic E-state index is 14.7. The molecule has 2 aromatic carbocycles. The van der Waals surface area contributed by atoms with Crippen LogP contribution in [-0.4, -0.2) is 148 Å². The lowest BCUT2D eigenvalue weighted by atomic mass is 9.82. The summed E-state index contributed by atoms with van der Waals surface area (Å²) in [6.45, 7) is 16.0. The molecule has 5 N–H and O–H groups in total. The number of ether oxygens (including phenoxy) is 2. The van der Waals surface area contributed by atoms with Crippen molar-refractivity contribution >= 4 is 74.9 Å². The van der Waals surface area contributed by atoms with Crippen molar-refractivity contribution in [3.05, 3.63) is 71.8 Å². The fourth-order valence-electron chi connectivity index (χ4n) is 14.1. The summed E-state index contributed by atoms with van der Waals surface area (Å²) < 4.78 is 11.5. The van der Waals surface area contributed by atoms with Crippen LogP contribution in [0.25, 0.3) is 0 Å². The molecule has 2 unspecified atom stereocenters. The monoisotopic (exact) mass is 1380 g/mol. The topological polar surface area (TPSA) is 252 Å². The molecule has 19 heteroatoms. The van der Waals surface area contributed by atoms with E-state index in [2.05, 4.69) is 38.2 Å². The van der Waals surface area contributed by atoms with Crippen LogP contribution in [0.5, 0.6) is 0 Å². The number of halogens is 1. The number of alkyl halides is 1. The Kier molecular flexibility index (Phi) is 27.6. The lowest BCUT2D eigenvalue weighted by Gasteiger charge is -2.37. The van der Waals surface area contributed by atoms with E-state index in [-0.39, 0.29) is 98.4 Å². The molecular formula is C72H110IN7O11. The van der Waals surface area contributed by atoms with Crippen molar-refractivity contribution in [1.82, 2.24) is 15.1 Å². The molecule has 506 valence electrons. The number of carbonyl (C=O) groups is 7. The minimum atomic E-state index is -0.908. The first-order chi connectivity index (χ1) is 42.8. The average molecular weight is 1380 g/mol. The summed E-state index contributed by atoms with van der Waals surface area (Å²) in [4.78, 5) is 114. The summed E-state index contributed by atoms with van der Waals surface area (Å²) in [7, 11) is 3.10. The van der Waals surface area contributed by atoms with E-state index in [1.165, 1.54) is 0 Å². The van der Waals surface area contributed by atoms with E-state index in [0.29, 0.717) is 56.8 Å². The lowest BCUT2D eigenvalue weighted by Crippen LogP contribution is -2.60. The van der Waals surface area contributed by atoms with E-state index in [4.69, 9.17) is 30.6 Å². The SMILES string of the molecule is C.CCC[C@H](CC(=O)[C@@H]1C[C@]2(CC(c3ccccc3)=NO2)CN1C(=O)[C@@H](N)C(C)(C)C)C(OC)C(=O)CC1CC1.CCC[C@H](CC(=O)[C@@H]1C[C@]2(CC(c3ccccc3)=NO2)CN1C(=O)[C@@H](NC(=O)[C@@H](N)C1CCCCC1)C(C)(C)C)C(OC)C(=O)CC1CC1.CI. The third kappa shape index (κ3) is 19.6. The first kappa shape index (κ1) is 75.1. The predicted molar refractivity (Wildman–Crippen MR) is 365 cm³/mol. The number of nitrogens with two attached hydrogens (primary N) is 2. The van der Waals surface area contributed by atoms with Crippen molar-refractivity contribution in [3.8, 4) is 0 Å². The summed E-state index contributed by atoms with van der Waals surface area (Å²) >= 11 is 2.15. The van der Waals surface area contributed by atoms with Gasteiger partial charge in [-0.2, -0.15) is 0 Å².